The van der Waals surface area contributed by atoms with E-state index >= 15 is 0 Å². The van der Waals surface area contributed by atoms with Crippen molar-refractivity contribution in [2.24, 2.45) is 0 Å². The Bertz CT molecular complexity index is 822. The van der Waals surface area contributed by atoms with Crippen LogP contribution in [0.1, 0.15) is 11.3 Å². The molecule has 0 saturated heterocycles. The zero-order valence-corrected chi connectivity index (χ0v) is 12.1. The number of aliphatic carboxylic acids is 1. The van der Waals surface area contributed by atoms with E-state index in [1.54, 1.807) is 12.1 Å². The molecule has 1 aromatic carbocycles. The molecule has 5 heteroatoms. The molecule has 4 nitrogen and oxygen atoms in total. The van der Waals surface area contributed by atoms with Gasteiger partial charge in [-0.05, 0) is 30.7 Å². The van der Waals surface area contributed by atoms with Crippen LogP contribution in [0.15, 0.2) is 42.6 Å². The summed E-state index contributed by atoms with van der Waals surface area (Å²) in [4.78, 5) is 15.8. The maximum Gasteiger partial charge on any atom is 0.309 e. The van der Waals surface area contributed by atoms with E-state index in [0.29, 0.717) is 16.4 Å². The number of pyridine rings is 1. The first kappa shape index (κ1) is 13.6. The van der Waals surface area contributed by atoms with Gasteiger partial charge in [0.25, 0.3) is 0 Å². The molecule has 0 saturated carbocycles. The van der Waals surface area contributed by atoms with E-state index in [0.717, 1.165) is 16.8 Å². The molecule has 0 radical (unpaired) electrons. The summed E-state index contributed by atoms with van der Waals surface area (Å²) in [5.74, 6) is -0.881. The summed E-state index contributed by atoms with van der Waals surface area (Å²) in [6.45, 7) is 1.96. The van der Waals surface area contributed by atoms with Gasteiger partial charge >= 0.3 is 5.97 Å². The highest BCUT2D eigenvalue weighted by molar-refractivity contribution is 6.30. The van der Waals surface area contributed by atoms with Crippen molar-refractivity contribution < 1.29 is 9.90 Å². The molecular weight excluding hydrogens is 288 g/mol. The third kappa shape index (κ3) is 2.50. The number of carboxylic acid groups (broad SMARTS) is 1. The summed E-state index contributed by atoms with van der Waals surface area (Å²) in [7, 11) is 0. The molecule has 0 aliphatic heterocycles. The van der Waals surface area contributed by atoms with Gasteiger partial charge in [0.2, 0.25) is 0 Å². The molecule has 1 N–H and O–H groups in total. The number of carbonyl (C=O) groups is 1. The first-order valence-electron chi connectivity index (χ1n) is 6.50. The number of carboxylic acids is 1. The average Bonchev–Trinajstić information content (AvgIpc) is 2.80. The number of halogens is 1. The van der Waals surface area contributed by atoms with Crippen LogP contribution in [-0.2, 0) is 11.2 Å². The lowest BCUT2D eigenvalue weighted by atomic mass is 10.1. The van der Waals surface area contributed by atoms with Gasteiger partial charge in [0.05, 0.1) is 17.8 Å². The highest BCUT2D eigenvalue weighted by Crippen LogP contribution is 2.27. The number of aromatic nitrogens is 2. The lowest BCUT2D eigenvalue weighted by Crippen LogP contribution is -2.04. The Morgan fingerprint density at radius 1 is 1.29 bits per heavy atom. The number of nitrogens with zero attached hydrogens (tertiary/aromatic N) is 2. The van der Waals surface area contributed by atoms with E-state index in [9.17, 15) is 4.79 Å². The van der Waals surface area contributed by atoms with Gasteiger partial charge in [-0.2, -0.15) is 0 Å². The molecule has 0 aliphatic rings. The van der Waals surface area contributed by atoms with Crippen molar-refractivity contribution >= 4 is 23.2 Å². The molecule has 106 valence electrons. The minimum absolute atomic E-state index is 0.0808. The predicted octanol–water partition coefficient (Wildman–Crippen LogP) is 3.59. The van der Waals surface area contributed by atoms with Crippen molar-refractivity contribution in [3.8, 4) is 11.3 Å². The fourth-order valence-electron chi connectivity index (χ4n) is 2.40. The minimum Gasteiger partial charge on any atom is -0.481 e. The van der Waals surface area contributed by atoms with Crippen LogP contribution in [0.4, 0.5) is 0 Å². The average molecular weight is 301 g/mol. The largest absolute Gasteiger partial charge is 0.481 e. The smallest absolute Gasteiger partial charge is 0.309 e. The van der Waals surface area contributed by atoms with Crippen molar-refractivity contribution in [3.05, 3.63) is 58.9 Å². The number of fused-ring (bicyclic) bond motifs is 1. The summed E-state index contributed by atoms with van der Waals surface area (Å²) in [6, 6.07) is 11.1. The van der Waals surface area contributed by atoms with Gasteiger partial charge in [0, 0.05) is 16.8 Å². The van der Waals surface area contributed by atoms with Crippen LogP contribution in [0, 0.1) is 6.92 Å². The summed E-state index contributed by atoms with van der Waals surface area (Å²) >= 11 is 5.91. The van der Waals surface area contributed by atoms with Gasteiger partial charge in [-0.25, -0.2) is 4.98 Å². The van der Waals surface area contributed by atoms with Crippen molar-refractivity contribution in [3.63, 3.8) is 0 Å². The first-order valence-corrected chi connectivity index (χ1v) is 6.88. The quantitative estimate of drug-likeness (QED) is 0.804. The molecule has 0 amide bonds. The van der Waals surface area contributed by atoms with Gasteiger partial charge in [-0.1, -0.05) is 29.8 Å². The normalized spacial score (nSPS) is 11.0. The Labute approximate surface area is 126 Å². The molecule has 0 atom stereocenters. The Balaban J connectivity index is 2.27. The van der Waals surface area contributed by atoms with Crippen molar-refractivity contribution in [2.75, 3.05) is 0 Å². The van der Waals surface area contributed by atoms with E-state index in [-0.39, 0.29) is 6.42 Å². The van der Waals surface area contributed by atoms with Gasteiger partial charge in [0.1, 0.15) is 5.65 Å². The standard InChI is InChI=1S/C16H13ClN2O2/c1-10-3-2-8-19-13(9-14(20)21)15(18-16(10)19)11-4-6-12(17)7-5-11/h2-8H,9H2,1H3,(H,20,21). The fourth-order valence-corrected chi connectivity index (χ4v) is 2.53. The van der Waals surface area contributed by atoms with E-state index in [1.165, 1.54) is 0 Å². The van der Waals surface area contributed by atoms with Crippen molar-refractivity contribution in [1.82, 2.24) is 9.38 Å². The van der Waals surface area contributed by atoms with Crippen LogP contribution in [0.25, 0.3) is 16.9 Å². The van der Waals surface area contributed by atoms with Crippen LogP contribution in [0.5, 0.6) is 0 Å². The molecule has 21 heavy (non-hydrogen) atoms. The molecule has 0 unspecified atom stereocenters. The summed E-state index contributed by atoms with van der Waals surface area (Å²) in [5, 5.41) is 9.80. The van der Waals surface area contributed by atoms with Crippen LogP contribution in [-0.4, -0.2) is 20.5 Å². The third-order valence-electron chi connectivity index (χ3n) is 3.38. The van der Waals surface area contributed by atoms with E-state index in [2.05, 4.69) is 4.98 Å². The maximum absolute atomic E-state index is 11.2. The number of imidazole rings is 1. The summed E-state index contributed by atoms with van der Waals surface area (Å²) in [5.41, 5.74) is 3.99. The molecule has 0 aliphatic carbocycles. The maximum atomic E-state index is 11.2. The summed E-state index contributed by atoms with van der Waals surface area (Å²) in [6.07, 6.45) is 1.76. The summed E-state index contributed by atoms with van der Waals surface area (Å²) < 4.78 is 1.84. The van der Waals surface area contributed by atoms with Crippen molar-refractivity contribution in [1.29, 1.82) is 0 Å². The van der Waals surface area contributed by atoms with Crippen molar-refractivity contribution in [2.45, 2.75) is 13.3 Å². The molecule has 0 spiro atoms. The number of benzene rings is 1. The second kappa shape index (κ2) is 5.22. The van der Waals surface area contributed by atoms with Crippen LogP contribution in [0.2, 0.25) is 5.02 Å². The lowest BCUT2D eigenvalue weighted by molar-refractivity contribution is -0.136. The topological polar surface area (TPSA) is 54.6 Å². The molecule has 3 aromatic rings. The number of aryl methyl sites for hydroxylation is 1. The monoisotopic (exact) mass is 300 g/mol. The lowest BCUT2D eigenvalue weighted by Gasteiger charge is -2.03. The Morgan fingerprint density at radius 2 is 2.00 bits per heavy atom. The highest BCUT2D eigenvalue weighted by atomic mass is 35.5. The van der Waals surface area contributed by atoms with Crippen LogP contribution in [0.3, 0.4) is 0 Å². The second-order valence-corrected chi connectivity index (χ2v) is 5.31. The molecular formula is C16H13ClN2O2. The van der Waals surface area contributed by atoms with Gasteiger partial charge in [-0.3, -0.25) is 4.79 Å². The van der Waals surface area contributed by atoms with Gasteiger partial charge in [0.15, 0.2) is 0 Å². The molecule has 0 bridgehead atoms. The molecule has 0 fully saturated rings. The first-order chi connectivity index (χ1) is 10.1. The Morgan fingerprint density at radius 3 is 2.67 bits per heavy atom. The Hall–Kier alpha value is -2.33. The van der Waals surface area contributed by atoms with Gasteiger partial charge in [-0.15, -0.1) is 0 Å². The number of rotatable bonds is 3. The zero-order chi connectivity index (χ0) is 15.0. The fraction of sp³-hybridized carbons (Fsp3) is 0.125. The second-order valence-electron chi connectivity index (χ2n) is 4.87. The van der Waals surface area contributed by atoms with E-state index in [1.807, 2.05) is 41.8 Å². The third-order valence-corrected chi connectivity index (χ3v) is 3.63. The van der Waals surface area contributed by atoms with Crippen LogP contribution >= 0.6 is 11.6 Å². The number of hydrogen-bond donors (Lipinski definition) is 1. The molecule has 2 aromatic heterocycles. The Kier molecular flexibility index (Phi) is 3.39. The van der Waals surface area contributed by atoms with E-state index < -0.39 is 5.97 Å². The SMILES string of the molecule is Cc1cccn2c(CC(=O)O)c(-c3ccc(Cl)cc3)nc12. The highest BCUT2D eigenvalue weighted by Gasteiger charge is 2.17. The van der Waals surface area contributed by atoms with E-state index in [4.69, 9.17) is 16.7 Å². The molecule has 2 heterocycles. The zero-order valence-electron chi connectivity index (χ0n) is 11.4. The molecule has 3 rings (SSSR count). The van der Waals surface area contributed by atoms with Crippen LogP contribution < -0.4 is 0 Å². The number of hydrogen-bond acceptors (Lipinski definition) is 2. The minimum atomic E-state index is -0.881. The predicted molar refractivity (Wildman–Crippen MR) is 81.7 cm³/mol. The van der Waals surface area contributed by atoms with Gasteiger partial charge < -0.3 is 9.51 Å².